The molecule has 1 amide bonds. The Balaban J connectivity index is 1.92. The number of cyclic esters (lactones) is 1. The van der Waals surface area contributed by atoms with Crippen LogP contribution in [0.5, 0.6) is 0 Å². The van der Waals surface area contributed by atoms with Gasteiger partial charge in [-0.05, 0) is 49.6 Å². The SMILES string of the molecule is CC(=O)c1cc(C)cc(N2C(=O)OC[C@@H]2Cc2ccccc2)c1. The second-order valence-corrected chi connectivity index (χ2v) is 5.90. The Morgan fingerprint density at radius 1 is 1.22 bits per heavy atom. The van der Waals surface area contributed by atoms with Crippen LogP contribution in [0.15, 0.2) is 48.5 Å². The van der Waals surface area contributed by atoms with Gasteiger partial charge in [0, 0.05) is 11.3 Å². The molecule has 23 heavy (non-hydrogen) atoms. The molecule has 4 nitrogen and oxygen atoms in total. The second-order valence-electron chi connectivity index (χ2n) is 5.90. The maximum absolute atomic E-state index is 12.2. The number of anilines is 1. The highest BCUT2D eigenvalue weighted by molar-refractivity contribution is 5.97. The zero-order valence-electron chi connectivity index (χ0n) is 13.3. The first kappa shape index (κ1) is 15.3. The molecular weight excluding hydrogens is 290 g/mol. The largest absolute Gasteiger partial charge is 0.447 e. The quantitative estimate of drug-likeness (QED) is 0.808. The lowest BCUT2D eigenvalue weighted by Gasteiger charge is -2.22. The van der Waals surface area contributed by atoms with Crippen molar-refractivity contribution in [2.45, 2.75) is 26.3 Å². The monoisotopic (exact) mass is 309 g/mol. The highest BCUT2D eigenvalue weighted by atomic mass is 16.6. The highest BCUT2D eigenvalue weighted by Crippen LogP contribution is 2.27. The van der Waals surface area contributed by atoms with Crippen LogP contribution in [0.4, 0.5) is 10.5 Å². The Kier molecular flexibility index (Phi) is 4.15. The molecule has 1 fully saturated rings. The van der Waals surface area contributed by atoms with E-state index in [0.29, 0.717) is 12.2 Å². The Labute approximate surface area is 135 Å². The standard InChI is InChI=1S/C19H19NO3/c1-13-8-16(14(2)21)11-17(9-13)20-18(12-23-19(20)22)10-15-6-4-3-5-7-15/h3-9,11,18H,10,12H2,1-2H3/t18-/m0/s1. The van der Waals surface area contributed by atoms with Gasteiger partial charge in [-0.2, -0.15) is 0 Å². The summed E-state index contributed by atoms with van der Waals surface area (Å²) < 4.78 is 5.25. The van der Waals surface area contributed by atoms with E-state index in [1.807, 2.05) is 49.4 Å². The number of ketones is 1. The summed E-state index contributed by atoms with van der Waals surface area (Å²) in [7, 11) is 0. The predicted octanol–water partition coefficient (Wildman–Crippen LogP) is 3.77. The molecule has 1 aliphatic heterocycles. The van der Waals surface area contributed by atoms with Crippen molar-refractivity contribution < 1.29 is 14.3 Å². The van der Waals surface area contributed by atoms with E-state index in [1.165, 1.54) is 6.92 Å². The lowest BCUT2D eigenvalue weighted by Crippen LogP contribution is -2.35. The van der Waals surface area contributed by atoms with E-state index in [4.69, 9.17) is 4.74 Å². The van der Waals surface area contributed by atoms with Crippen LogP contribution in [-0.4, -0.2) is 24.5 Å². The average molecular weight is 309 g/mol. The Bertz CT molecular complexity index is 740. The van der Waals surface area contributed by atoms with Crippen LogP contribution < -0.4 is 4.90 Å². The third kappa shape index (κ3) is 3.26. The van der Waals surface area contributed by atoms with Crippen molar-refractivity contribution in [2.24, 2.45) is 0 Å². The third-order valence-electron chi connectivity index (χ3n) is 4.02. The van der Waals surface area contributed by atoms with E-state index in [-0.39, 0.29) is 17.9 Å². The fraction of sp³-hybridized carbons (Fsp3) is 0.263. The van der Waals surface area contributed by atoms with Gasteiger partial charge in [0.25, 0.3) is 0 Å². The van der Waals surface area contributed by atoms with Gasteiger partial charge in [-0.15, -0.1) is 0 Å². The van der Waals surface area contributed by atoms with Gasteiger partial charge in [-0.3, -0.25) is 9.69 Å². The Morgan fingerprint density at radius 2 is 1.96 bits per heavy atom. The molecular formula is C19H19NO3. The zero-order valence-corrected chi connectivity index (χ0v) is 13.3. The molecule has 1 atom stereocenters. The number of rotatable bonds is 4. The van der Waals surface area contributed by atoms with E-state index in [2.05, 4.69) is 0 Å². The first-order valence-corrected chi connectivity index (χ1v) is 7.67. The summed E-state index contributed by atoms with van der Waals surface area (Å²) >= 11 is 0. The molecule has 2 aromatic rings. The maximum Gasteiger partial charge on any atom is 0.414 e. The molecule has 0 bridgehead atoms. The average Bonchev–Trinajstić information content (AvgIpc) is 2.88. The molecule has 0 N–H and O–H groups in total. The van der Waals surface area contributed by atoms with Crippen molar-refractivity contribution in [3.05, 3.63) is 65.2 Å². The summed E-state index contributed by atoms with van der Waals surface area (Å²) in [5.74, 6) is -0.0119. The normalized spacial score (nSPS) is 17.2. The molecule has 2 aromatic carbocycles. The lowest BCUT2D eigenvalue weighted by molar-refractivity contribution is 0.101. The van der Waals surface area contributed by atoms with Crippen molar-refractivity contribution in [3.8, 4) is 0 Å². The summed E-state index contributed by atoms with van der Waals surface area (Å²) in [6, 6.07) is 15.5. The van der Waals surface area contributed by atoms with Crippen molar-refractivity contribution in [2.75, 3.05) is 11.5 Å². The van der Waals surface area contributed by atoms with E-state index in [0.717, 1.165) is 23.2 Å². The first-order chi connectivity index (χ1) is 11.0. The number of carbonyl (C=O) groups is 2. The van der Waals surface area contributed by atoms with Gasteiger partial charge in [-0.1, -0.05) is 30.3 Å². The molecule has 0 aliphatic carbocycles. The number of amides is 1. The first-order valence-electron chi connectivity index (χ1n) is 7.67. The van der Waals surface area contributed by atoms with Gasteiger partial charge < -0.3 is 4.74 Å². The number of benzene rings is 2. The fourth-order valence-electron chi connectivity index (χ4n) is 2.92. The lowest BCUT2D eigenvalue weighted by atomic mass is 10.0. The molecule has 1 heterocycles. The number of carbonyl (C=O) groups excluding carboxylic acids is 2. The van der Waals surface area contributed by atoms with Crippen LogP contribution in [0.3, 0.4) is 0 Å². The number of nitrogens with zero attached hydrogens (tertiary/aromatic N) is 1. The summed E-state index contributed by atoms with van der Waals surface area (Å²) in [4.78, 5) is 25.5. The molecule has 4 heteroatoms. The topological polar surface area (TPSA) is 46.6 Å². The van der Waals surface area contributed by atoms with Crippen LogP contribution in [0.1, 0.15) is 28.4 Å². The molecule has 118 valence electrons. The van der Waals surface area contributed by atoms with Crippen molar-refractivity contribution in [1.82, 2.24) is 0 Å². The van der Waals surface area contributed by atoms with Crippen molar-refractivity contribution in [1.29, 1.82) is 0 Å². The van der Waals surface area contributed by atoms with Crippen LogP contribution in [0, 0.1) is 6.92 Å². The fourth-order valence-corrected chi connectivity index (χ4v) is 2.92. The molecule has 0 saturated carbocycles. The van der Waals surface area contributed by atoms with Crippen LogP contribution >= 0.6 is 0 Å². The van der Waals surface area contributed by atoms with Crippen molar-refractivity contribution >= 4 is 17.6 Å². The molecule has 1 aliphatic rings. The van der Waals surface area contributed by atoms with E-state index < -0.39 is 0 Å². The smallest absolute Gasteiger partial charge is 0.414 e. The number of ether oxygens (including phenoxy) is 1. The van der Waals surface area contributed by atoms with Gasteiger partial charge in [0.2, 0.25) is 0 Å². The third-order valence-corrected chi connectivity index (χ3v) is 4.02. The number of hydrogen-bond donors (Lipinski definition) is 0. The zero-order chi connectivity index (χ0) is 16.4. The number of hydrogen-bond acceptors (Lipinski definition) is 3. The van der Waals surface area contributed by atoms with E-state index >= 15 is 0 Å². The predicted molar refractivity (Wildman–Crippen MR) is 88.9 cm³/mol. The number of Topliss-reactive ketones (excluding diaryl/α,β-unsaturated/α-hetero) is 1. The molecule has 0 aromatic heterocycles. The van der Waals surface area contributed by atoms with Crippen molar-refractivity contribution in [3.63, 3.8) is 0 Å². The van der Waals surface area contributed by atoms with Gasteiger partial charge in [0.05, 0.1) is 6.04 Å². The molecule has 0 spiro atoms. The summed E-state index contributed by atoms with van der Waals surface area (Å²) in [5.41, 5.74) is 3.43. The maximum atomic E-state index is 12.2. The molecule has 0 radical (unpaired) electrons. The molecule has 0 unspecified atom stereocenters. The second kappa shape index (κ2) is 6.24. The van der Waals surface area contributed by atoms with Gasteiger partial charge in [-0.25, -0.2) is 4.79 Å². The van der Waals surface area contributed by atoms with Crippen LogP contribution in [0.25, 0.3) is 0 Å². The van der Waals surface area contributed by atoms with Crippen LogP contribution in [0.2, 0.25) is 0 Å². The Morgan fingerprint density at radius 3 is 2.65 bits per heavy atom. The van der Waals surface area contributed by atoms with E-state index in [1.54, 1.807) is 11.0 Å². The van der Waals surface area contributed by atoms with E-state index in [9.17, 15) is 9.59 Å². The molecule has 1 saturated heterocycles. The van der Waals surface area contributed by atoms with Gasteiger partial charge >= 0.3 is 6.09 Å². The van der Waals surface area contributed by atoms with Gasteiger partial charge in [0.15, 0.2) is 5.78 Å². The summed E-state index contributed by atoms with van der Waals surface area (Å²) in [6.45, 7) is 3.81. The summed E-state index contributed by atoms with van der Waals surface area (Å²) in [6.07, 6.45) is 0.363. The minimum absolute atomic E-state index is 0.0119. The Hall–Kier alpha value is -2.62. The number of aryl methyl sites for hydroxylation is 1. The minimum atomic E-state index is -0.356. The minimum Gasteiger partial charge on any atom is -0.447 e. The molecule has 3 rings (SSSR count). The van der Waals surface area contributed by atoms with Crippen LogP contribution in [-0.2, 0) is 11.2 Å². The van der Waals surface area contributed by atoms with Gasteiger partial charge in [0.1, 0.15) is 6.61 Å². The highest BCUT2D eigenvalue weighted by Gasteiger charge is 2.34. The summed E-state index contributed by atoms with van der Waals surface area (Å²) in [5, 5.41) is 0.